The number of carboxylic acids is 1. The number of carboxylic acid groups (broad SMARTS) is 1. The molecule has 0 spiro atoms. The first-order valence-electron chi connectivity index (χ1n) is 5.38. The van der Waals surface area contributed by atoms with Crippen LogP contribution < -0.4 is 0 Å². The third-order valence-electron chi connectivity index (χ3n) is 2.42. The molecule has 1 aromatic carbocycles. The Morgan fingerprint density at radius 3 is 2.33 bits per heavy atom. The second-order valence-corrected chi connectivity index (χ2v) is 5.51. The van der Waals surface area contributed by atoms with Gasteiger partial charge >= 0.3 is 5.97 Å². The predicted molar refractivity (Wildman–Crippen MR) is 68.0 cm³/mol. The van der Waals surface area contributed by atoms with Gasteiger partial charge in [0.1, 0.15) is 0 Å². The molecule has 0 aromatic heterocycles. The van der Waals surface area contributed by atoms with Gasteiger partial charge in [0.25, 0.3) is 0 Å². The summed E-state index contributed by atoms with van der Waals surface area (Å²) in [7, 11) is -3.59. The van der Waals surface area contributed by atoms with E-state index in [2.05, 4.69) is 6.58 Å². The third-order valence-corrected chi connectivity index (χ3v) is 4.38. The van der Waals surface area contributed by atoms with Gasteiger partial charge in [-0.2, -0.15) is 4.31 Å². The van der Waals surface area contributed by atoms with Gasteiger partial charge in [-0.3, -0.25) is 0 Å². The molecule has 0 aliphatic carbocycles. The standard InChI is InChI=1S/C12H15NO4S/c1-3-9-13(4-2)18(16,17)11-7-5-10(6-8-11)12(14)15/h3,5-8H,1,4,9H2,2H3,(H,14,15). The number of aromatic carboxylic acids is 1. The van der Waals surface area contributed by atoms with E-state index in [9.17, 15) is 13.2 Å². The summed E-state index contributed by atoms with van der Waals surface area (Å²) < 4.78 is 25.6. The Kier molecular flexibility index (Phi) is 4.63. The summed E-state index contributed by atoms with van der Waals surface area (Å²) in [6.07, 6.45) is 1.51. The Morgan fingerprint density at radius 1 is 1.39 bits per heavy atom. The topological polar surface area (TPSA) is 74.7 Å². The fourth-order valence-electron chi connectivity index (χ4n) is 1.46. The molecule has 0 amide bonds. The summed E-state index contributed by atoms with van der Waals surface area (Å²) in [5.74, 6) is -1.09. The highest BCUT2D eigenvalue weighted by molar-refractivity contribution is 7.89. The number of benzene rings is 1. The molecule has 0 atom stereocenters. The maximum Gasteiger partial charge on any atom is 0.335 e. The van der Waals surface area contributed by atoms with Crippen molar-refractivity contribution in [3.8, 4) is 0 Å². The molecular weight excluding hydrogens is 254 g/mol. The van der Waals surface area contributed by atoms with E-state index in [1.165, 1.54) is 34.6 Å². The van der Waals surface area contributed by atoms with Gasteiger partial charge in [0.2, 0.25) is 10.0 Å². The van der Waals surface area contributed by atoms with Crippen LogP contribution in [0.4, 0.5) is 0 Å². The first-order chi connectivity index (χ1) is 8.43. The van der Waals surface area contributed by atoms with Crippen molar-refractivity contribution in [1.82, 2.24) is 4.31 Å². The van der Waals surface area contributed by atoms with E-state index in [0.29, 0.717) is 6.54 Å². The minimum absolute atomic E-state index is 0.0562. The number of rotatable bonds is 6. The van der Waals surface area contributed by atoms with Crippen molar-refractivity contribution in [2.45, 2.75) is 11.8 Å². The number of hydrogen-bond acceptors (Lipinski definition) is 3. The minimum Gasteiger partial charge on any atom is -0.478 e. The molecule has 0 unspecified atom stereocenters. The number of likely N-dealkylation sites (N-methyl/N-ethyl adjacent to an activating group) is 1. The van der Waals surface area contributed by atoms with Gasteiger partial charge < -0.3 is 5.11 Å². The van der Waals surface area contributed by atoms with E-state index >= 15 is 0 Å². The predicted octanol–water partition coefficient (Wildman–Crippen LogP) is 1.58. The zero-order valence-corrected chi connectivity index (χ0v) is 10.9. The van der Waals surface area contributed by atoms with Crippen LogP contribution in [0.1, 0.15) is 17.3 Å². The molecule has 1 aromatic rings. The van der Waals surface area contributed by atoms with Crippen LogP contribution in [0.25, 0.3) is 0 Å². The van der Waals surface area contributed by atoms with E-state index in [4.69, 9.17) is 5.11 Å². The molecule has 0 radical (unpaired) electrons. The molecule has 1 N–H and O–H groups in total. The lowest BCUT2D eigenvalue weighted by molar-refractivity contribution is 0.0696. The smallest absolute Gasteiger partial charge is 0.335 e. The molecule has 0 bridgehead atoms. The Hall–Kier alpha value is -1.66. The van der Waals surface area contributed by atoms with Gasteiger partial charge in [-0.1, -0.05) is 13.0 Å². The Labute approximate surface area is 106 Å². The molecule has 0 aliphatic rings. The van der Waals surface area contributed by atoms with Gasteiger partial charge in [-0.15, -0.1) is 6.58 Å². The minimum atomic E-state index is -3.59. The zero-order valence-electron chi connectivity index (χ0n) is 10.0. The Balaban J connectivity index is 3.11. The largest absolute Gasteiger partial charge is 0.478 e. The molecule has 0 aliphatic heterocycles. The molecule has 0 saturated carbocycles. The van der Waals surface area contributed by atoms with Gasteiger partial charge in [0, 0.05) is 13.1 Å². The van der Waals surface area contributed by atoms with Crippen LogP contribution in [-0.4, -0.2) is 36.9 Å². The van der Waals surface area contributed by atoms with Gasteiger partial charge in [0.05, 0.1) is 10.5 Å². The van der Waals surface area contributed by atoms with E-state index < -0.39 is 16.0 Å². The summed E-state index contributed by atoms with van der Waals surface area (Å²) in [4.78, 5) is 10.8. The maximum absolute atomic E-state index is 12.2. The van der Waals surface area contributed by atoms with Crippen molar-refractivity contribution in [1.29, 1.82) is 0 Å². The lowest BCUT2D eigenvalue weighted by atomic mass is 10.2. The van der Waals surface area contributed by atoms with Gasteiger partial charge in [-0.05, 0) is 24.3 Å². The second kappa shape index (κ2) is 5.79. The molecule has 0 heterocycles. The van der Waals surface area contributed by atoms with E-state index in [-0.39, 0.29) is 17.0 Å². The SMILES string of the molecule is C=CCN(CC)S(=O)(=O)c1ccc(C(=O)O)cc1. The van der Waals surface area contributed by atoms with E-state index in [1.54, 1.807) is 6.92 Å². The van der Waals surface area contributed by atoms with Crippen molar-refractivity contribution < 1.29 is 18.3 Å². The normalized spacial score (nSPS) is 11.4. The fourth-order valence-corrected chi connectivity index (χ4v) is 2.88. The van der Waals surface area contributed by atoms with Crippen LogP contribution >= 0.6 is 0 Å². The maximum atomic E-state index is 12.2. The van der Waals surface area contributed by atoms with Crippen molar-refractivity contribution in [2.75, 3.05) is 13.1 Å². The summed E-state index contributed by atoms with van der Waals surface area (Å²) >= 11 is 0. The van der Waals surface area contributed by atoms with Crippen molar-refractivity contribution in [3.05, 3.63) is 42.5 Å². The lowest BCUT2D eigenvalue weighted by Crippen LogP contribution is -2.31. The Morgan fingerprint density at radius 2 is 1.94 bits per heavy atom. The number of hydrogen-bond donors (Lipinski definition) is 1. The highest BCUT2D eigenvalue weighted by atomic mass is 32.2. The molecular formula is C12H15NO4S. The van der Waals surface area contributed by atoms with E-state index in [1.807, 2.05) is 0 Å². The first kappa shape index (κ1) is 14.4. The summed E-state index contributed by atoms with van der Waals surface area (Å²) in [6, 6.07) is 5.14. The number of nitrogens with zero attached hydrogens (tertiary/aromatic N) is 1. The summed E-state index contributed by atoms with van der Waals surface area (Å²) in [5, 5.41) is 8.74. The highest BCUT2D eigenvalue weighted by Crippen LogP contribution is 2.16. The number of sulfonamides is 1. The molecule has 5 nitrogen and oxygen atoms in total. The van der Waals surface area contributed by atoms with Crippen LogP contribution in [0.5, 0.6) is 0 Å². The summed E-state index contributed by atoms with van der Waals surface area (Å²) in [5.41, 5.74) is 0.0562. The molecule has 6 heteroatoms. The summed E-state index contributed by atoms with van der Waals surface area (Å²) in [6.45, 7) is 5.79. The van der Waals surface area contributed by atoms with Crippen LogP contribution in [0.15, 0.2) is 41.8 Å². The molecule has 0 saturated heterocycles. The van der Waals surface area contributed by atoms with Crippen molar-refractivity contribution in [2.24, 2.45) is 0 Å². The average Bonchev–Trinajstić information content (AvgIpc) is 2.35. The van der Waals surface area contributed by atoms with Crippen LogP contribution in [0, 0.1) is 0 Å². The van der Waals surface area contributed by atoms with E-state index in [0.717, 1.165) is 0 Å². The van der Waals surface area contributed by atoms with Gasteiger partial charge in [0.15, 0.2) is 0 Å². The second-order valence-electron chi connectivity index (χ2n) is 3.57. The van der Waals surface area contributed by atoms with Crippen LogP contribution in [0.2, 0.25) is 0 Å². The van der Waals surface area contributed by atoms with Crippen LogP contribution in [0.3, 0.4) is 0 Å². The van der Waals surface area contributed by atoms with Crippen LogP contribution in [-0.2, 0) is 10.0 Å². The average molecular weight is 269 g/mol. The lowest BCUT2D eigenvalue weighted by Gasteiger charge is -2.18. The third kappa shape index (κ3) is 2.96. The molecule has 98 valence electrons. The highest BCUT2D eigenvalue weighted by Gasteiger charge is 2.21. The quantitative estimate of drug-likeness (QED) is 0.796. The molecule has 18 heavy (non-hydrogen) atoms. The first-order valence-corrected chi connectivity index (χ1v) is 6.82. The van der Waals surface area contributed by atoms with Crippen molar-refractivity contribution >= 4 is 16.0 Å². The fraction of sp³-hybridized carbons (Fsp3) is 0.250. The molecule has 0 fully saturated rings. The number of carbonyl (C=O) groups is 1. The molecule has 1 rings (SSSR count). The van der Waals surface area contributed by atoms with Gasteiger partial charge in [-0.25, -0.2) is 13.2 Å². The van der Waals surface area contributed by atoms with Crippen molar-refractivity contribution in [3.63, 3.8) is 0 Å². The zero-order chi connectivity index (χ0) is 13.8. The monoisotopic (exact) mass is 269 g/mol. The Bertz CT molecular complexity index is 534.